The fraction of sp³-hybridized carbons (Fsp3) is 0.333. The van der Waals surface area contributed by atoms with Crippen LogP contribution in [0.4, 0.5) is 5.69 Å². The molecule has 4 heteroatoms. The SMILES string of the molecule is Cc1ccc2cccc(NC(=O)[C@H]3CCCN3)c2n1. The second-order valence-corrected chi connectivity index (χ2v) is 4.97. The highest BCUT2D eigenvalue weighted by molar-refractivity contribution is 6.02. The molecule has 1 aliphatic heterocycles. The van der Waals surface area contributed by atoms with Crippen LogP contribution in [0.15, 0.2) is 30.3 Å². The normalized spacial score (nSPS) is 18.7. The molecule has 1 fully saturated rings. The molecule has 0 radical (unpaired) electrons. The van der Waals surface area contributed by atoms with Gasteiger partial charge in [0.1, 0.15) is 0 Å². The number of rotatable bonds is 2. The Balaban J connectivity index is 1.91. The van der Waals surface area contributed by atoms with E-state index in [4.69, 9.17) is 0 Å². The molecule has 0 spiro atoms. The first-order valence-corrected chi connectivity index (χ1v) is 6.65. The molecule has 2 N–H and O–H groups in total. The predicted octanol–water partition coefficient (Wildman–Crippen LogP) is 2.23. The van der Waals surface area contributed by atoms with Crippen molar-refractivity contribution in [2.45, 2.75) is 25.8 Å². The number of benzene rings is 1. The monoisotopic (exact) mass is 255 g/mol. The summed E-state index contributed by atoms with van der Waals surface area (Å²) in [5, 5.41) is 7.24. The smallest absolute Gasteiger partial charge is 0.241 e. The van der Waals surface area contributed by atoms with E-state index in [-0.39, 0.29) is 11.9 Å². The van der Waals surface area contributed by atoms with Crippen molar-refractivity contribution in [3.63, 3.8) is 0 Å². The van der Waals surface area contributed by atoms with Gasteiger partial charge in [0.15, 0.2) is 0 Å². The first-order valence-electron chi connectivity index (χ1n) is 6.65. The third-order valence-electron chi connectivity index (χ3n) is 3.49. The third kappa shape index (κ3) is 2.44. The molecule has 0 bridgehead atoms. The minimum absolute atomic E-state index is 0.0355. The van der Waals surface area contributed by atoms with Gasteiger partial charge in [-0.05, 0) is 38.4 Å². The van der Waals surface area contributed by atoms with Gasteiger partial charge in [0.05, 0.1) is 17.2 Å². The number of carbonyl (C=O) groups excluding carboxylic acids is 1. The van der Waals surface area contributed by atoms with E-state index in [9.17, 15) is 4.79 Å². The van der Waals surface area contributed by atoms with Gasteiger partial charge in [-0.25, -0.2) is 0 Å². The van der Waals surface area contributed by atoms with E-state index in [0.29, 0.717) is 0 Å². The molecule has 2 aromatic rings. The molecular weight excluding hydrogens is 238 g/mol. The second-order valence-electron chi connectivity index (χ2n) is 4.97. The van der Waals surface area contributed by atoms with Crippen molar-refractivity contribution >= 4 is 22.5 Å². The summed E-state index contributed by atoms with van der Waals surface area (Å²) in [6.45, 7) is 2.88. The largest absolute Gasteiger partial charge is 0.323 e. The van der Waals surface area contributed by atoms with Crippen LogP contribution < -0.4 is 10.6 Å². The Morgan fingerprint density at radius 3 is 3.05 bits per heavy atom. The molecule has 4 nitrogen and oxygen atoms in total. The van der Waals surface area contributed by atoms with E-state index in [1.165, 1.54) is 0 Å². The van der Waals surface area contributed by atoms with Crippen molar-refractivity contribution < 1.29 is 4.79 Å². The topological polar surface area (TPSA) is 54.0 Å². The molecule has 1 saturated heterocycles. The zero-order valence-electron chi connectivity index (χ0n) is 10.9. The molecule has 1 aliphatic rings. The highest BCUT2D eigenvalue weighted by Crippen LogP contribution is 2.22. The molecule has 1 aromatic carbocycles. The average Bonchev–Trinajstić information content (AvgIpc) is 2.93. The fourth-order valence-corrected chi connectivity index (χ4v) is 2.47. The average molecular weight is 255 g/mol. The highest BCUT2D eigenvalue weighted by atomic mass is 16.2. The van der Waals surface area contributed by atoms with E-state index in [0.717, 1.165) is 41.7 Å². The van der Waals surface area contributed by atoms with Gasteiger partial charge in [-0.3, -0.25) is 9.78 Å². The maximum atomic E-state index is 12.1. The lowest BCUT2D eigenvalue weighted by molar-refractivity contribution is -0.117. The standard InChI is InChI=1S/C15H17N3O/c1-10-7-8-11-4-2-5-12(14(11)17-10)18-15(19)13-6-3-9-16-13/h2,4-5,7-8,13,16H,3,6,9H2,1H3,(H,18,19)/t13-/m1/s1. The van der Waals surface area contributed by atoms with Gasteiger partial charge in [0.25, 0.3) is 0 Å². The molecule has 0 saturated carbocycles. The third-order valence-corrected chi connectivity index (χ3v) is 3.49. The van der Waals surface area contributed by atoms with Gasteiger partial charge >= 0.3 is 0 Å². The van der Waals surface area contributed by atoms with Crippen molar-refractivity contribution in [1.82, 2.24) is 10.3 Å². The van der Waals surface area contributed by atoms with Crippen LogP contribution in [0.5, 0.6) is 0 Å². The maximum Gasteiger partial charge on any atom is 0.241 e. The minimum Gasteiger partial charge on any atom is -0.323 e. The number of fused-ring (bicyclic) bond motifs is 1. The number of hydrogen-bond acceptors (Lipinski definition) is 3. The molecule has 98 valence electrons. The van der Waals surface area contributed by atoms with Gasteiger partial charge in [-0.15, -0.1) is 0 Å². The highest BCUT2D eigenvalue weighted by Gasteiger charge is 2.22. The van der Waals surface area contributed by atoms with E-state index in [1.807, 2.05) is 37.3 Å². The van der Waals surface area contributed by atoms with Crippen LogP contribution in [0, 0.1) is 6.92 Å². The number of para-hydroxylation sites is 1. The molecule has 1 amide bonds. The second kappa shape index (κ2) is 4.97. The molecule has 19 heavy (non-hydrogen) atoms. The van der Waals surface area contributed by atoms with E-state index in [2.05, 4.69) is 15.6 Å². The molecule has 0 aliphatic carbocycles. The summed E-state index contributed by atoms with van der Waals surface area (Å²) >= 11 is 0. The van der Waals surface area contributed by atoms with Crippen molar-refractivity contribution in [2.24, 2.45) is 0 Å². The number of hydrogen-bond donors (Lipinski definition) is 2. The van der Waals surface area contributed by atoms with Crippen molar-refractivity contribution in [3.8, 4) is 0 Å². The van der Waals surface area contributed by atoms with Crippen molar-refractivity contribution in [1.29, 1.82) is 0 Å². The van der Waals surface area contributed by atoms with Crippen LogP contribution in [0.3, 0.4) is 0 Å². The number of aromatic nitrogens is 1. The number of nitrogens with zero attached hydrogens (tertiary/aromatic N) is 1. The number of amides is 1. The molecule has 3 rings (SSSR count). The number of aryl methyl sites for hydroxylation is 1. The Morgan fingerprint density at radius 1 is 1.37 bits per heavy atom. The van der Waals surface area contributed by atoms with E-state index >= 15 is 0 Å². The fourth-order valence-electron chi connectivity index (χ4n) is 2.47. The lowest BCUT2D eigenvalue weighted by Crippen LogP contribution is -2.35. The minimum atomic E-state index is -0.0694. The van der Waals surface area contributed by atoms with Gasteiger partial charge in [0.2, 0.25) is 5.91 Å². The van der Waals surface area contributed by atoms with Gasteiger partial charge < -0.3 is 10.6 Å². The maximum absolute atomic E-state index is 12.1. The summed E-state index contributed by atoms with van der Waals surface area (Å²) in [6, 6.07) is 9.79. The summed E-state index contributed by atoms with van der Waals surface area (Å²) in [5.41, 5.74) is 2.60. The number of anilines is 1. The summed E-state index contributed by atoms with van der Waals surface area (Å²) in [7, 11) is 0. The van der Waals surface area contributed by atoms with Crippen LogP contribution in [0.25, 0.3) is 10.9 Å². The van der Waals surface area contributed by atoms with Gasteiger partial charge in [-0.2, -0.15) is 0 Å². The Kier molecular flexibility index (Phi) is 3.17. The van der Waals surface area contributed by atoms with Crippen LogP contribution >= 0.6 is 0 Å². The Hall–Kier alpha value is -1.94. The molecule has 1 atom stereocenters. The van der Waals surface area contributed by atoms with Crippen LogP contribution in [-0.2, 0) is 4.79 Å². The van der Waals surface area contributed by atoms with Gasteiger partial charge in [-0.1, -0.05) is 18.2 Å². The number of carbonyl (C=O) groups is 1. The Morgan fingerprint density at radius 2 is 2.26 bits per heavy atom. The van der Waals surface area contributed by atoms with Crippen molar-refractivity contribution in [2.75, 3.05) is 11.9 Å². The van der Waals surface area contributed by atoms with Crippen LogP contribution in [0.2, 0.25) is 0 Å². The molecule has 2 heterocycles. The zero-order chi connectivity index (χ0) is 13.2. The summed E-state index contributed by atoms with van der Waals surface area (Å²) in [5.74, 6) is 0.0355. The van der Waals surface area contributed by atoms with Gasteiger partial charge in [0, 0.05) is 11.1 Å². The van der Waals surface area contributed by atoms with Crippen molar-refractivity contribution in [3.05, 3.63) is 36.0 Å². The lowest BCUT2D eigenvalue weighted by Gasteiger charge is -2.12. The summed E-state index contributed by atoms with van der Waals surface area (Å²) in [4.78, 5) is 16.7. The molecular formula is C15H17N3O. The Labute approximate surface area is 112 Å². The molecule has 0 unspecified atom stereocenters. The van der Waals surface area contributed by atoms with E-state index in [1.54, 1.807) is 0 Å². The first-order chi connectivity index (χ1) is 9.24. The number of pyridine rings is 1. The Bertz CT molecular complexity index is 618. The summed E-state index contributed by atoms with van der Waals surface area (Å²) < 4.78 is 0. The quantitative estimate of drug-likeness (QED) is 0.865. The predicted molar refractivity (Wildman–Crippen MR) is 76.1 cm³/mol. The van der Waals surface area contributed by atoms with Crippen LogP contribution in [0.1, 0.15) is 18.5 Å². The zero-order valence-corrected chi connectivity index (χ0v) is 10.9. The molecule has 1 aromatic heterocycles. The first kappa shape index (κ1) is 12.1. The number of nitrogens with one attached hydrogen (secondary N) is 2. The van der Waals surface area contributed by atoms with E-state index < -0.39 is 0 Å². The lowest BCUT2D eigenvalue weighted by atomic mass is 10.1. The van der Waals surface area contributed by atoms with Crippen LogP contribution in [-0.4, -0.2) is 23.5 Å². The summed E-state index contributed by atoms with van der Waals surface area (Å²) in [6.07, 6.45) is 1.97.